The summed E-state index contributed by atoms with van der Waals surface area (Å²) in [5.41, 5.74) is 1.74. The summed E-state index contributed by atoms with van der Waals surface area (Å²) in [7, 11) is 4.17. The van der Waals surface area contributed by atoms with Crippen LogP contribution in [0.1, 0.15) is 42.6 Å². The molecule has 0 radical (unpaired) electrons. The number of halogens is 1. The molecule has 0 heterocycles. The lowest BCUT2D eigenvalue weighted by molar-refractivity contribution is 0.0928. The second-order valence-electron chi connectivity index (χ2n) is 5.78. The van der Waals surface area contributed by atoms with Gasteiger partial charge in [-0.2, -0.15) is 0 Å². The van der Waals surface area contributed by atoms with Crippen molar-refractivity contribution in [2.75, 3.05) is 20.6 Å². The zero-order valence-electron chi connectivity index (χ0n) is 13.7. The van der Waals surface area contributed by atoms with Crippen LogP contribution in [0.4, 0.5) is 0 Å². The zero-order chi connectivity index (χ0) is 16.0. The maximum absolute atomic E-state index is 12.4. The number of carbonyl (C=O) groups is 1. The highest BCUT2D eigenvalue weighted by molar-refractivity contribution is 9.10. The fourth-order valence-corrected chi connectivity index (χ4v) is 3.10. The fraction of sp³-hybridized carbons (Fsp3) is 0.588. The maximum Gasteiger partial charge on any atom is 0.251 e. The van der Waals surface area contributed by atoms with Crippen LogP contribution in [0.5, 0.6) is 0 Å². The van der Waals surface area contributed by atoms with Gasteiger partial charge in [0.1, 0.15) is 0 Å². The number of hydrogen-bond acceptors (Lipinski definition) is 2. The minimum atomic E-state index is 0.00612. The number of hydrogen-bond donors (Lipinski definition) is 1. The van der Waals surface area contributed by atoms with E-state index in [1.807, 2.05) is 25.1 Å². The number of nitrogens with zero attached hydrogens (tertiary/aromatic N) is 1. The molecule has 4 heteroatoms. The van der Waals surface area contributed by atoms with Gasteiger partial charge in [0.2, 0.25) is 0 Å². The Hall–Kier alpha value is -0.870. The molecule has 1 rings (SSSR count). The van der Waals surface area contributed by atoms with Gasteiger partial charge in [-0.25, -0.2) is 0 Å². The van der Waals surface area contributed by atoms with Crippen LogP contribution in [0, 0.1) is 12.8 Å². The molecule has 21 heavy (non-hydrogen) atoms. The van der Waals surface area contributed by atoms with Crippen LogP contribution in [0.3, 0.4) is 0 Å². The molecule has 1 aromatic carbocycles. The summed E-state index contributed by atoms with van der Waals surface area (Å²) in [4.78, 5) is 14.6. The van der Waals surface area contributed by atoms with Gasteiger partial charge < -0.3 is 10.2 Å². The first kappa shape index (κ1) is 18.2. The second kappa shape index (κ2) is 8.54. The molecule has 118 valence electrons. The molecule has 1 N–H and O–H groups in total. The SMILES string of the molecule is CCC(CC)C(CNC(=O)c1cc(Br)ccc1C)N(C)C. The summed E-state index contributed by atoms with van der Waals surface area (Å²) in [5, 5.41) is 3.10. The molecule has 1 unspecified atom stereocenters. The highest BCUT2D eigenvalue weighted by Crippen LogP contribution is 2.18. The number of rotatable bonds is 7. The monoisotopic (exact) mass is 354 g/mol. The first-order chi connectivity index (χ1) is 9.90. The van der Waals surface area contributed by atoms with E-state index in [9.17, 15) is 4.79 Å². The summed E-state index contributed by atoms with van der Waals surface area (Å²) >= 11 is 3.43. The molecule has 1 atom stereocenters. The normalized spacial score (nSPS) is 12.8. The zero-order valence-corrected chi connectivity index (χ0v) is 15.3. The van der Waals surface area contributed by atoms with Gasteiger partial charge in [-0.1, -0.05) is 48.7 Å². The molecule has 0 fully saturated rings. The minimum absolute atomic E-state index is 0.00612. The van der Waals surface area contributed by atoms with Gasteiger partial charge in [0, 0.05) is 22.6 Å². The van der Waals surface area contributed by atoms with E-state index in [-0.39, 0.29) is 5.91 Å². The molecule has 0 aliphatic heterocycles. The number of nitrogens with one attached hydrogen (secondary N) is 1. The molecule has 1 amide bonds. The number of likely N-dealkylation sites (N-methyl/N-ethyl adjacent to an activating group) is 1. The number of amides is 1. The molecule has 0 saturated heterocycles. The van der Waals surface area contributed by atoms with Crippen LogP contribution in [0.2, 0.25) is 0 Å². The fourth-order valence-electron chi connectivity index (χ4n) is 2.74. The Kier molecular flexibility index (Phi) is 7.40. The van der Waals surface area contributed by atoms with Crippen LogP contribution < -0.4 is 5.32 Å². The van der Waals surface area contributed by atoms with Gasteiger partial charge in [0.05, 0.1) is 0 Å². The number of carbonyl (C=O) groups excluding carboxylic acids is 1. The van der Waals surface area contributed by atoms with Crippen molar-refractivity contribution in [3.63, 3.8) is 0 Å². The molecule has 0 spiro atoms. The van der Waals surface area contributed by atoms with E-state index < -0.39 is 0 Å². The summed E-state index contributed by atoms with van der Waals surface area (Å²) in [6.45, 7) is 7.08. The third kappa shape index (κ3) is 5.11. The summed E-state index contributed by atoms with van der Waals surface area (Å²) in [6.07, 6.45) is 2.26. The summed E-state index contributed by atoms with van der Waals surface area (Å²) in [5.74, 6) is 0.607. The first-order valence-electron chi connectivity index (χ1n) is 7.61. The molecule has 1 aromatic rings. The van der Waals surface area contributed by atoms with Gasteiger partial charge in [-0.3, -0.25) is 4.79 Å². The van der Waals surface area contributed by atoms with Gasteiger partial charge in [-0.15, -0.1) is 0 Å². The van der Waals surface area contributed by atoms with Crippen molar-refractivity contribution in [1.29, 1.82) is 0 Å². The Bertz CT molecular complexity index is 470. The molecule has 3 nitrogen and oxygen atoms in total. The van der Waals surface area contributed by atoms with Gasteiger partial charge in [-0.05, 0) is 44.6 Å². The van der Waals surface area contributed by atoms with Crippen molar-refractivity contribution >= 4 is 21.8 Å². The van der Waals surface area contributed by atoms with Crippen molar-refractivity contribution < 1.29 is 4.79 Å². The average Bonchev–Trinajstić information content (AvgIpc) is 2.45. The smallest absolute Gasteiger partial charge is 0.251 e. The van der Waals surface area contributed by atoms with E-state index in [0.29, 0.717) is 18.5 Å². The molecule has 0 saturated carbocycles. The van der Waals surface area contributed by atoms with Crippen molar-refractivity contribution in [3.05, 3.63) is 33.8 Å². The minimum Gasteiger partial charge on any atom is -0.350 e. The van der Waals surface area contributed by atoms with Gasteiger partial charge >= 0.3 is 0 Å². The topological polar surface area (TPSA) is 32.3 Å². The summed E-state index contributed by atoms with van der Waals surface area (Å²) in [6, 6.07) is 6.17. The van der Waals surface area contributed by atoms with Crippen molar-refractivity contribution in [1.82, 2.24) is 10.2 Å². The third-order valence-corrected chi connectivity index (χ3v) is 4.67. The average molecular weight is 355 g/mol. The lowest BCUT2D eigenvalue weighted by atomic mass is 9.93. The Morgan fingerprint density at radius 1 is 1.29 bits per heavy atom. The predicted molar refractivity (Wildman–Crippen MR) is 92.8 cm³/mol. The van der Waals surface area contributed by atoms with Crippen molar-refractivity contribution in [3.8, 4) is 0 Å². The Morgan fingerprint density at radius 3 is 2.43 bits per heavy atom. The lowest BCUT2D eigenvalue weighted by Crippen LogP contribution is -2.44. The molecule has 0 aromatic heterocycles. The number of aryl methyl sites for hydroxylation is 1. The van der Waals surface area contributed by atoms with Crippen LogP contribution >= 0.6 is 15.9 Å². The van der Waals surface area contributed by atoms with E-state index in [2.05, 4.69) is 54.1 Å². The Balaban J connectivity index is 2.75. The van der Waals surface area contributed by atoms with Crippen LogP contribution in [0.25, 0.3) is 0 Å². The quantitative estimate of drug-likeness (QED) is 0.806. The highest BCUT2D eigenvalue weighted by Gasteiger charge is 2.21. The molecule has 0 bridgehead atoms. The van der Waals surface area contributed by atoms with E-state index in [0.717, 1.165) is 28.4 Å². The van der Waals surface area contributed by atoms with Gasteiger partial charge in [0.25, 0.3) is 5.91 Å². The largest absolute Gasteiger partial charge is 0.350 e. The van der Waals surface area contributed by atoms with E-state index in [4.69, 9.17) is 0 Å². The van der Waals surface area contributed by atoms with Crippen molar-refractivity contribution in [2.24, 2.45) is 5.92 Å². The Labute approximate surface area is 137 Å². The summed E-state index contributed by atoms with van der Waals surface area (Å²) < 4.78 is 0.933. The van der Waals surface area contributed by atoms with Crippen LogP contribution in [-0.2, 0) is 0 Å². The lowest BCUT2D eigenvalue weighted by Gasteiger charge is -2.31. The first-order valence-corrected chi connectivity index (χ1v) is 8.40. The predicted octanol–water partition coefficient (Wildman–Crippen LogP) is 3.85. The third-order valence-electron chi connectivity index (χ3n) is 4.17. The molecular weight excluding hydrogens is 328 g/mol. The van der Waals surface area contributed by atoms with Gasteiger partial charge in [0.15, 0.2) is 0 Å². The van der Waals surface area contributed by atoms with E-state index >= 15 is 0 Å². The molecular formula is C17H27BrN2O. The molecule has 0 aliphatic rings. The number of benzene rings is 1. The van der Waals surface area contributed by atoms with Crippen molar-refractivity contribution in [2.45, 2.75) is 39.7 Å². The standard InChI is InChI=1S/C17H27BrN2O/c1-6-13(7-2)16(20(4)5)11-19-17(21)15-10-14(18)9-8-12(15)3/h8-10,13,16H,6-7,11H2,1-5H3,(H,19,21). The Morgan fingerprint density at radius 2 is 1.90 bits per heavy atom. The highest BCUT2D eigenvalue weighted by atomic mass is 79.9. The van der Waals surface area contributed by atoms with E-state index in [1.54, 1.807) is 0 Å². The molecule has 0 aliphatic carbocycles. The van der Waals surface area contributed by atoms with Crippen LogP contribution in [-0.4, -0.2) is 37.5 Å². The van der Waals surface area contributed by atoms with Crippen LogP contribution in [0.15, 0.2) is 22.7 Å². The van der Waals surface area contributed by atoms with E-state index in [1.165, 1.54) is 0 Å². The second-order valence-corrected chi connectivity index (χ2v) is 6.69. The maximum atomic E-state index is 12.4.